The molecule has 2 aromatic carbocycles. The van der Waals surface area contributed by atoms with Crippen LogP contribution in [0.5, 0.6) is 11.5 Å². The molecule has 0 unspecified atom stereocenters. The number of fused-ring (bicyclic) bond motifs is 1. The van der Waals surface area contributed by atoms with E-state index in [1.165, 1.54) is 6.92 Å². The molecule has 1 aliphatic rings. The zero-order chi connectivity index (χ0) is 20.1. The molecule has 0 aromatic heterocycles. The zero-order valence-corrected chi connectivity index (χ0v) is 16.4. The highest BCUT2D eigenvalue weighted by Gasteiger charge is 2.28. The molecule has 148 valence electrons. The van der Waals surface area contributed by atoms with Crippen molar-refractivity contribution in [3.8, 4) is 11.5 Å². The summed E-state index contributed by atoms with van der Waals surface area (Å²) in [5, 5.41) is 5.83. The van der Waals surface area contributed by atoms with E-state index in [0.717, 1.165) is 11.1 Å². The Morgan fingerprint density at radius 1 is 1.07 bits per heavy atom. The van der Waals surface area contributed by atoms with Crippen molar-refractivity contribution in [3.63, 3.8) is 0 Å². The van der Waals surface area contributed by atoms with Crippen molar-refractivity contribution in [3.05, 3.63) is 59.7 Å². The molecule has 0 saturated heterocycles. The summed E-state index contributed by atoms with van der Waals surface area (Å²) in [5.74, 6) is 0.913. The summed E-state index contributed by atoms with van der Waals surface area (Å²) in [5.41, 5.74) is 2.06. The third kappa shape index (κ3) is 5.03. The van der Waals surface area contributed by atoms with Crippen molar-refractivity contribution >= 4 is 11.8 Å². The largest absolute Gasteiger partial charge is 0.485 e. The quantitative estimate of drug-likeness (QED) is 0.805. The fourth-order valence-corrected chi connectivity index (χ4v) is 3.25. The molecule has 3 rings (SSSR count). The fraction of sp³-hybridized carbons (Fsp3) is 0.364. The van der Waals surface area contributed by atoms with Crippen LogP contribution in [0.3, 0.4) is 0 Å². The Labute approximate surface area is 165 Å². The van der Waals surface area contributed by atoms with Gasteiger partial charge in [-0.2, -0.15) is 0 Å². The van der Waals surface area contributed by atoms with E-state index in [4.69, 9.17) is 9.47 Å². The van der Waals surface area contributed by atoms with Gasteiger partial charge in [-0.3, -0.25) is 9.59 Å². The summed E-state index contributed by atoms with van der Waals surface area (Å²) < 4.78 is 11.6. The number of ether oxygens (including phenoxy) is 2. The van der Waals surface area contributed by atoms with Crippen LogP contribution in [0.4, 0.5) is 0 Å². The maximum atomic E-state index is 12.6. The highest BCUT2D eigenvalue weighted by Crippen LogP contribution is 2.33. The fourth-order valence-electron chi connectivity index (χ4n) is 3.25. The molecule has 0 fully saturated rings. The number of hydrogen-bond acceptors (Lipinski definition) is 4. The van der Waals surface area contributed by atoms with Crippen molar-refractivity contribution in [2.75, 3.05) is 6.61 Å². The first-order chi connectivity index (χ1) is 13.4. The summed E-state index contributed by atoms with van der Waals surface area (Å²) in [7, 11) is 0. The second-order valence-corrected chi connectivity index (χ2v) is 7.15. The third-order valence-electron chi connectivity index (χ3n) is 4.61. The molecule has 1 aliphatic heterocycles. The van der Waals surface area contributed by atoms with Crippen LogP contribution in [-0.4, -0.2) is 30.6 Å². The summed E-state index contributed by atoms with van der Waals surface area (Å²) >= 11 is 0. The molecule has 2 N–H and O–H groups in total. The highest BCUT2D eigenvalue weighted by molar-refractivity contribution is 5.82. The maximum absolute atomic E-state index is 12.6. The molecule has 2 aromatic rings. The summed E-state index contributed by atoms with van der Waals surface area (Å²) in [6.07, 6.45) is -0.00263. The van der Waals surface area contributed by atoms with Gasteiger partial charge in [-0.25, -0.2) is 0 Å². The minimum absolute atomic E-state index is 0.0260. The lowest BCUT2D eigenvalue weighted by molar-refractivity contribution is -0.131. The average molecular weight is 382 g/mol. The van der Waals surface area contributed by atoms with E-state index < -0.39 is 6.10 Å². The van der Waals surface area contributed by atoms with Gasteiger partial charge in [0.05, 0.1) is 6.04 Å². The summed E-state index contributed by atoms with van der Waals surface area (Å²) in [4.78, 5) is 23.7. The molecule has 0 radical (unpaired) electrons. The monoisotopic (exact) mass is 382 g/mol. The molecule has 6 nitrogen and oxygen atoms in total. The molecule has 6 heteroatoms. The second kappa shape index (κ2) is 8.78. The first-order valence-corrected chi connectivity index (χ1v) is 9.47. The Morgan fingerprint density at radius 3 is 2.54 bits per heavy atom. The maximum Gasteiger partial charge on any atom is 0.265 e. The van der Waals surface area contributed by atoms with E-state index in [-0.39, 0.29) is 30.5 Å². The topological polar surface area (TPSA) is 76.7 Å². The number of nitrogens with one attached hydrogen (secondary N) is 2. The van der Waals surface area contributed by atoms with Crippen molar-refractivity contribution in [1.29, 1.82) is 0 Å². The van der Waals surface area contributed by atoms with Crippen molar-refractivity contribution < 1.29 is 19.1 Å². The van der Waals surface area contributed by atoms with Gasteiger partial charge in [0.15, 0.2) is 11.5 Å². The predicted molar refractivity (Wildman–Crippen MR) is 106 cm³/mol. The van der Waals surface area contributed by atoms with Crippen LogP contribution in [0, 0.1) is 0 Å². The summed E-state index contributed by atoms with van der Waals surface area (Å²) in [6, 6.07) is 15.3. The van der Waals surface area contributed by atoms with Gasteiger partial charge in [-0.1, -0.05) is 36.4 Å². The second-order valence-electron chi connectivity index (χ2n) is 7.15. The first-order valence-electron chi connectivity index (χ1n) is 9.47. The van der Waals surface area contributed by atoms with Gasteiger partial charge < -0.3 is 20.1 Å². The Balaban J connectivity index is 1.59. The number of carbonyl (C=O) groups excluding carboxylic acids is 2. The lowest BCUT2D eigenvalue weighted by atomic mass is 10.1. The standard InChI is InChI=1S/C22H26N2O4/c1-14(23-16(3)25)11-17-9-10-19-20(12-17)27-13-21(28-19)22(26)24-15(2)18-7-5-4-6-8-18/h4-10,12,14-15,21H,11,13H2,1-3H3,(H,23,25)(H,24,26)/t14-,15+,21-/m1/s1. The van der Waals surface area contributed by atoms with Gasteiger partial charge in [-0.05, 0) is 43.5 Å². The molecular weight excluding hydrogens is 356 g/mol. The number of hydrogen-bond donors (Lipinski definition) is 2. The molecular formula is C22H26N2O4. The number of rotatable bonds is 6. The van der Waals surface area contributed by atoms with Gasteiger partial charge in [-0.15, -0.1) is 0 Å². The normalized spacial score (nSPS) is 17.3. The Morgan fingerprint density at radius 2 is 1.82 bits per heavy atom. The molecule has 2 amide bonds. The Bertz CT molecular complexity index is 838. The van der Waals surface area contributed by atoms with Gasteiger partial charge >= 0.3 is 0 Å². The van der Waals surface area contributed by atoms with Crippen LogP contribution >= 0.6 is 0 Å². The SMILES string of the molecule is CC(=O)N[C@H](C)Cc1ccc2c(c1)OC[C@H](C(=O)N[C@@H](C)c1ccccc1)O2. The van der Waals surface area contributed by atoms with E-state index in [0.29, 0.717) is 17.9 Å². The molecule has 28 heavy (non-hydrogen) atoms. The molecule has 0 bridgehead atoms. The van der Waals surface area contributed by atoms with E-state index in [2.05, 4.69) is 10.6 Å². The molecule has 0 aliphatic carbocycles. The Hall–Kier alpha value is -3.02. The van der Waals surface area contributed by atoms with Gasteiger partial charge in [0.2, 0.25) is 12.0 Å². The third-order valence-corrected chi connectivity index (χ3v) is 4.61. The summed E-state index contributed by atoms with van der Waals surface area (Å²) in [6.45, 7) is 5.55. The van der Waals surface area contributed by atoms with Crippen LogP contribution in [0.15, 0.2) is 48.5 Å². The molecule has 0 spiro atoms. The predicted octanol–water partition coefficient (Wildman–Crippen LogP) is 2.77. The van der Waals surface area contributed by atoms with Gasteiger partial charge in [0, 0.05) is 13.0 Å². The van der Waals surface area contributed by atoms with Crippen molar-refractivity contribution in [1.82, 2.24) is 10.6 Å². The molecule has 0 saturated carbocycles. The van der Waals surface area contributed by atoms with Crippen LogP contribution in [0.1, 0.15) is 37.9 Å². The number of carbonyl (C=O) groups is 2. The van der Waals surface area contributed by atoms with E-state index in [1.807, 2.05) is 62.4 Å². The van der Waals surface area contributed by atoms with Gasteiger partial charge in [0.1, 0.15) is 6.61 Å². The van der Waals surface area contributed by atoms with E-state index in [9.17, 15) is 9.59 Å². The Kier molecular flexibility index (Phi) is 6.19. The zero-order valence-electron chi connectivity index (χ0n) is 16.4. The molecule has 3 atom stereocenters. The van der Waals surface area contributed by atoms with Crippen LogP contribution < -0.4 is 20.1 Å². The van der Waals surface area contributed by atoms with Crippen molar-refractivity contribution in [2.24, 2.45) is 0 Å². The van der Waals surface area contributed by atoms with E-state index >= 15 is 0 Å². The van der Waals surface area contributed by atoms with Crippen molar-refractivity contribution in [2.45, 2.75) is 45.4 Å². The van der Waals surface area contributed by atoms with Gasteiger partial charge in [0.25, 0.3) is 5.91 Å². The van der Waals surface area contributed by atoms with E-state index in [1.54, 1.807) is 0 Å². The van der Waals surface area contributed by atoms with Crippen LogP contribution in [-0.2, 0) is 16.0 Å². The lowest BCUT2D eigenvalue weighted by Crippen LogP contribution is -2.44. The first kappa shape index (κ1) is 19.7. The average Bonchev–Trinajstić information content (AvgIpc) is 2.67. The van der Waals surface area contributed by atoms with Crippen LogP contribution in [0.25, 0.3) is 0 Å². The van der Waals surface area contributed by atoms with Crippen LogP contribution in [0.2, 0.25) is 0 Å². The highest BCUT2D eigenvalue weighted by atomic mass is 16.6. The minimum atomic E-state index is -0.692. The lowest BCUT2D eigenvalue weighted by Gasteiger charge is -2.27. The smallest absolute Gasteiger partial charge is 0.265 e. The molecule has 1 heterocycles. The minimum Gasteiger partial charge on any atom is -0.485 e. The number of benzene rings is 2. The number of amides is 2.